The molecule has 1 amide bonds. The third kappa shape index (κ3) is 4.92. The molecule has 0 saturated carbocycles. The van der Waals surface area contributed by atoms with Crippen molar-refractivity contribution in [3.63, 3.8) is 0 Å². The average molecular weight is 447 g/mol. The Hall–Kier alpha value is -3.61. The summed E-state index contributed by atoms with van der Waals surface area (Å²) < 4.78 is 10.7. The highest BCUT2D eigenvalue weighted by Gasteiger charge is 2.33. The van der Waals surface area contributed by atoms with Crippen LogP contribution in [0.3, 0.4) is 0 Å². The van der Waals surface area contributed by atoms with Gasteiger partial charge < -0.3 is 19.3 Å². The number of nitrogens with zero attached hydrogens (tertiary/aromatic N) is 4. The van der Waals surface area contributed by atoms with E-state index in [1.807, 2.05) is 78.6 Å². The van der Waals surface area contributed by atoms with E-state index in [1.54, 1.807) is 14.2 Å². The third-order valence-corrected chi connectivity index (χ3v) is 5.96. The van der Waals surface area contributed by atoms with Crippen LogP contribution >= 0.6 is 0 Å². The fourth-order valence-electron chi connectivity index (χ4n) is 4.28. The van der Waals surface area contributed by atoms with E-state index in [1.165, 1.54) is 0 Å². The number of aromatic nitrogens is 2. The number of likely N-dealkylation sites (tertiary alicyclic amines) is 1. The van der Waals surface area contributed by atoms with Gasteiger partial charge >= 0.3 is 0 Å². The summed E-state index contributed by atoms with van der Waals surface area (Å²) in [6.45, 7) is 0.715. The highest BCUT2D eigenvalue weighted by Crippen LogP contribution is 2.38. The van der Waals surface area contributed by atoms with Crippen molar-refractivity contribution < 1.29 is 14.3 Å². The van der Waals surface area contributed by atoms with Gasteiger partial charge in [0, 0.05) is 32.4 Å². The molecule has 1 fully saturated rings. The Bertz CT molecular complexity index is 1130. The molecular weight excluding hydrogens is 416 g/mol. The first-order chi connectivity index (χ1) is 16.0. The molecule has 0 bridgehead atoms. The van der Waals surface area contributed by atoms with Crippen molar-refractivity contribution in [2.24, 2.45) is 0 Å². The van der Waals surface area contributed by atoms with Gasteiger partial charge in [0.2, 0.25) is 11.9 Å². The number of anilines is 1. The van der Waals surface area contributed by atoms with Crippen molar-refractivity contribution in [3.8, 4) is 22.6 Å². The van der Waals surface area contributed by atoms with Crippen LogP contribution in [0.5, 0.6) is 11.5 Å². The lowest BCUT2D eigenvalue weighted by Crippen LogP contribution is -2.32. The van der Waals surface area contributed by atoms with Crippen molar-refractivity contribution >= 4 is 11.9 Å². The molecule has 4 rings (SSSR count). The van der Waals surface area contributed by atoms with E-state index in [-0.39, 0.29) is 11.9 Å². The summed E-state index contributed by atoms with van der Waals surface area (Å²) in [6, 6.07) is 15.4. The Morgan fingerprint density at radius 2 is 1.82 bits per heavy atom. The van der Waals surface area contributed by atoms with Gasteiger partial charge in [-0.3, -0.25) is 4.79 Å². The maximum atomic E-state index is 13.4. The van der Waals surface area contributed by atoms with Gasteiger partial charge in [-0.1, -0.05) is 24.3 Å². The first-order valence-corrected chi connectivity index (χ1v) is 11.1. The SMILES string of the molecule is COc1cccc(CC(=O)N2CCC[C@@H]2c2nc(N(C)C)ncc2-c2cccc(OC)c2)c1. The number of carbonyl (C=O) groups excluding carboxylic acids is 1. The minimum atomic E-state index is -0.106. The zero-order chi connectivity index (χ0) is 23.4. The molecule has 0 radical (unpaired) electrons. The number of hydrogen-bond donors (Lipinski definition) is 0. The first-order valence-electron chi connectivity index (χ1n) is 11.1. The summed E-state index contributed by atoms with van der Waals surface area (Å²) in [4.78, 5) is 26.7. The Kier molecular flexibility index (Phi) is 6.77. The molecule has 0 unspecified atom stereocenters. The molecule has 2 heterocycles. The largest absolute Gasteiger partial charge is 0.497 e. The molecule has 1 aliphatic rings. The maximum absolute atomic E-state index is 13.4. The van der Waals surface area contributed by atoms with Crippen molar-refractivity contribution in [2.45, 2.75) is 25.3 Å². The highest BCUT2D eigenvalue weighted by molar-refractivity contribution is 5.80. The summed E-state index contributed by atoms with van der Waals surface area (Å²) in [7, 11) is 7.13. The van der Waals surface area contributed by atoms with Crippen LogP contribution in [0, 0.1) is 0 Å². The summed E-state index contributed by atoms with van der Waals surface area (Å²) in [6.07, 6.45) is 3.99. The number of amides is 1. The average Bonchev–Trinajstić information content (AvgIpc) is 3.34. The number of methoxy groups -OCH3 is 2. The van der Waals surface area contributed by atoms with Crippen LogP contribution in [0.25, 0.3) is 11.1 Å². The molecule has 0 spiro atoms. The lowest BCUT2D eigenvalue weighted by molar-refractivity contribution is -0.131. The Morgan fingerprint density at radius 1 is 1.09 bits per heavy atom. The normalized spacial score (nSPS) is 15.4. The van der Waals surface area contributed by atoms with Gasteiger partial charge in [-0.25, -0.2) is 9.97 Å². The standard InChI is InChI=1S/C26H30N4O3/c1-29(2)26-27-17-22(19-9-6-11-21(16-19)33-4)25(28-26)23-12-7-13-30(23)24(31)15-18-8-5-10-20(14-18)32-3/h5-6,8-11,14,16-17,23H,7,12-13,15H2,1-4H3/t23-/m1/s1. The van der Waals surface area contributed by atoms with Crippen LogP contribution < -0.4 is 14.4 Å². The molecule has 7 heteroatoms. The summed E-state index contributed by atoms with van der Waals surface area (Å²) in [5.74, 6) is 2.24. The molecule has 1 aromatic heterocycles. The van der Waals surface area contributed by atoms with Crippen molar-refractivity contribution in [1.29, 1.82) is 0 Å². The van der Waals surface area contributed by atoms with Gasteiger partial charge in [0.25, 0.3) is 0 Å². The predicted octanol–water partition coefficient (Wildman–Crippen LogP) is 4.13. The van der Waals surface area contributed by atoms with E-state index in [4.69, 9.17) is 14.5 Å². The van der Waals surface area contributed by atoms with Gasteiger partial charge in [0.05, 0.1) is 32.4 Å². The van der Waals surface area contributed by atoms with Crippen LogP contribution in [-0.4, -0.2) is 55.6 Å². The van der Waals surface area contributed by atoms with Crippen LogP contribution in [0.15, 0.2) is 54.7 Å². The second kappa shape index (κ2) is 9.90. The van der Waals surface area contributed by atoms with Crippen LogP contribution in [0.4, 0.5) is 5.95 Å². The van der Waals surface area contributed by atoms with Crippen molar-refractivity contribution in [1.82, 2.24) is 14.9 Å². The second-order valence-electron chi connectivity index (χ2n) is 8.37. The van der Waals surface area contributed by atoms with E-state index in [0.717, 1.165) is 46.7 Å². The molecule has 1 atom stereocenters. The Morgan fingerprint density at radius 3 is 2.55 bits per heavy atom. The Balaban J connectivity index is 1.69. The van der Waals surface area contributed by atoms with Gasteiger partial charge in [-0.2, -0.15) is 0 Å². The highest BCUT2D eigenvalue weighted by atomic mass is 16.5. The number of rotatable bonds is 7. The van der Waals surface area contributed by atoms with E-state index < -0.39 is 0 Å². The summed E-state index contributed by atoms with van der Waals surface area (Å²) >= 11 is 0. The Labute approximate surface area is 195 Å². The lowest BCUT2D eigenvalue weighted by atomic mass is 9.99. The van der Waals surface area contributed by atoms with Gasteiger partial charge in [0.1, 0.15) is 11.5 Å². The summed E-state index contributed by atoms with van der Waals surface area (Å²) in [5.41, 5.74) is 3.71. The molecule has 0 aliphatic carbocycles. The number of benzene rings is 2. The molecular formula is C26H30N4O3. The smallest absolute Gasteiger partial charge is 0.227 e. The quantitative estimate of drug-likeness (QED) is 0.544. The van der Waals surface area contributed by atoms with Gasteiger partial charge in [-0.05, 0) is 48.2 Å². The summed E-state index contributed by atoms with van der Waals surface area (Å²) in [5, 5.41) is 0. The molecule has 0 N–H and O–H groups in total. The van der Waals surface area contributed by atoms with Crippen LogP contribution in [0.1, 0.15) is 30.1 Å². The minimum absolute atomic E-state index is 0.0901. The topological polar surface area (TPSA) is 67.8 Å². The van der Waals surface area contributed by atoms with Gasteiger partial charge in [-0.15, -0.1) is 0 Å². The monoisotopic (exact) mass is 446 g/mol. The molecule has 7 nitrogen and oxygen atoms in total. The second-order valence-corrected chi connectivity index (χ2v) is 8.37. The van der Waals surface area contributed by atoms with E-state index >= 15 is 0 Å². The molecule has 1 aliphatic heterocycles. The fourth-order valence-corrected chi connectivity index (χ4v) is 4.28. The molecule has 2 aromatic carbocycles. The van der Waals surface area contributed by atoms with Crippen LogP contribution in [-0.2, 0) is 11.2 Å². The van der Waals surface area contributed by atoms with Gasteiger partial charge in [0.15, 0.2) is 0 Å². The molecule has 172 valence electrons. The van der Waals surface area contributed by atoms with E-state index in [0.29, 0.717) is 18.9 Å². The number of carbonyl (C=O) groups is 1. The molecule has 33 heavy (non-hydrogen) atoms. The molecule has 1 saturated heterocycles. The van der Waals surface area contributed by atoms with E-state index in [2.05, 4.69) is 4.98 Å². The molecule has 3 aromatic rings. The van der Waals surface area contributed by atoms with E-state index in [9.17, 15) is 4.79 Å². The third-order valence-electron chi connectivity index (χ3n) is 5.96. The minimum Gasteiger partial charge on any atom is -0.497 e. The zero-order valence-corrected chi connectivity index (χ0v) is 19.6. The lowest BCUT2D eigenvalue weighted by Gasteiger charge is -2.27. The maximum Gasteiger partial charge on any atom is 0.227 e. The van der Waals surface area contributed by atoms with Crippen molar-refractivity contribution in [3.05, 3.63) is 66.0 Å². The predicted molar refractivity (Wildman–Crippen MR) is 129 cm³/mol. The zero-order valence-electron chi connectivity index (χ0n) is 19.6. The van der Waals surface area contributed by atoms with Crippen LogP contribution in [0.2, 0.25) is 0 Å². The number of ether oxygens (including phenoxy) is 2. The van der Waals surface area contributed by atoms with Crippen molar-refractivity contribution in [2.75, 3.05) is 39.8 Å². The first kappa shape index (κ1) is 22.6. The fraction of sp³-hybridized carbons (Fsp3) is 0.346. The number of hydrogen-bond acceptors (Lipinski definition) is 6.